The second-order valence-corrected chi connectivity index (χ2v) is 2.10. The molecule has 0 bridgehead atoms. The van der Waals surface area contributed by atoms with Crippen LogP contribution in [0.1, 0.15) is 5.82 Å². The van der Waals surface area contributed by atoms with Crippen molar-refractivity contribution < 1.29 is 4.57 Å². The third-order valence-corrected chi connectivity index (χ3v) is 1.31. The molecule has 0 radical (unpaired) electrons. The van der Waals surface area contributed by atoms with Gasteiger partial charge in [0, 0.05) is 0 Å². The Morgan fingerprint density at radius 3 is 2.67 bits per heavy atom. The molecule has 5 nitrogen and oxygen atoms in total. The Kier molecular flexibility index (Phi) is 5.13. The molecule has 1 rings (SSSR count). The van der Waals surface area contributed by atoms with Crippen molar-refractivity contribution in [2.75, 3.05) is 0 Å². The first-order chi connectivity index (χ1) is 5.76. The maximum atomic E-state index is 6.75. The minimum absolute atomic E-state index is 0.906. The van der Waals surface area contributed by atoms with Crippen LogP contribution in [-0.2, 0) is 13.5 Å². The van der Waals surface area contributed by atoms with Crippen LogP contribution >= 0.6 is 0 Å². The number of aryl methyl sites for hydroxylation is 1. The van der Waals surface area contributed by atoms with Gasteiger partial charge in [0.2, 0.25) is 0 Å². The average molecular weight is 165 g/mol. The van der Waals surface area contributed by atoms with Crippen molar-refractivity contribution >= 4 is 0 Å². The van der Waals surface area contributed by atoms with Gasteiger partial charge in [0.15, 0.2) is 0 Å². The molecule has 64 valence electrons. The zero-order valence-corrected chi connectivity index (χ0v) is 6.94. The van der Waals surface area contributed by atoms with Crippen molar-refractivity contribution in [2.24, 2.45) is 7.05 Å². The third kappa shape index (κ3) is 3.43. The topological polar surface area (TPSA) is 78.4 Å². The van der Waals surface area contributed by atoms with Crippen LogP contribution in [0.4, 0.5) is 0 Å². The summed E-state index contributed by atoms with van der Waals surface area (Å²) in [6.07, 6.45) is 6.69. The molecule has 1 aromatic rings. The van der Waals surface area contributed by atoms with E-state index in [1.54, 1.807) is 0 Å². The molecular weight excluding hydrogens is 154 g/mol. The van der Waals surface area contributed by atoms with Crippen molar-refractivity contribution in [3.63, 3.8) is 0 Å². The Labute approximate surface area is 70.8 Å². The predicted octanol–water partition coefficient (Wildman–Crippen LogP) is 1.43. The summed E-state index contributed by atoms with van der Waals surface area (Å²) < 4.78 is 2.04. The van der Waals surface area contributed by atoms with Gasteiger partial charge in [-0.3, -0.25) is 4.91 Å². The molecule has 0 saturated heterocycles. The van der Waals surface area contributed by atoms with Crippen molar-refractivity contribution in [2.45, 2.75) is 6.42 Å². The largest absolute Gasteiger partial charge is 0.373 e. The van der Waals surface area contributed by atoms with E-state index in [1.165, 1.54) is 10.7 Å². The van der Waals surface area contributed by atoms with Crippen LogP contribution in [0.5, 0.6) is 0 Å². The lowest BCUT2D eigenvalue weighted by molar-refractivity contribution is -0.677. The lowest BCUT2D eigenvalue weighted by Gasteiger charge is -1.85. The number of nitrogens with one attached hydrogen (secondary N) is 1. The fourth-order valence-corrected chi connectivity index (χ4v) is 0.777. The smallest absolute Gasteiger partial charge is 0.257 e. The molecule has 12 heavy (non-hydrogen) atoms. The summed E-state index contributed by atoms with van der Waals surface area (Å²) in [5.74, 6) is 1.19. The summed E-state index contributed by atoms with van der Waals surface area (Å²) in [7, 11) is 2.01. The number of nitrogens with zero attached hydrogens (tertiary/aromatic N) is 4. The molecule has 1 N–H and O–H groups in total. The number of rotatable bonds is 2. The quantitative estimate of drug-likeness (QED) is 0.226. The SMILES string of the molecule is C=CCc1[nH]cc[n+]1C.[N-]=[N+]=[N-]. The highest BCUT2D eigenvalue weighted by Gasteiger charge is 2.00. The highest BCUT2D eigenvalue weighted by atomic mass is 15.0. The maximum Gasteiger partial charge on any atom is 0.257 e. The van der Waals surface area contributed by atoms with Crippen molar-refractivity contribution in [1.29, 1.82) is 0 Å². The van der Waals surface area contributed by atoms with E-state index in [0.717, 1.165) is 6.42 Å². The minimum Gasteiger partial charge on any atom is -0.373 e. The van der Waals surface area contributed by atoms with E-state index in [1.807, 2.05) is 30.1 Å². The summed E-state index contributed by atoms with van der Waals surface area (Å²) in [6.45, 7) is 3.64. The third-order valence-electron chi connectivity index (χ3n) is 1.31. The molecule has 1 aromatic heterocycles. The molecule has 1 heterocycles. The lowest BCUT2D eigenvalue weighted by Crippen LogP contribution is -2.29. The van der Waals surface area contributed by atoms with Gasteiger partial charge in [-0.2, -0.15) is 0 Å². The number of imidazole rings is 1. The summed E-state index contributed by atoms with van der Waals surface area (Å²) in [5, 5.41) is 0. The Morgan fingerprint density at radius 2 is 2.33 bits per heavy atom. The molecule has 0 aliphatic heterocycles. The highest BCUT2D eigenvalue weighted by Crippen LogP contribution is 1.85. The molecule has 0 saturated carbocycles. The second kappa shape index (κ2) is 6.00. The van der Waals surface area contributed by atoms with Crippen LogP contribution in [0, 0.1) is 0 Å². The van der Waals surface area contributed by atoms with E-state index in [4.69, 9.17) is 11.1 Å². The van der Waals surface area contributed by atoms with Crippen LogP contribution in [0.15, 0.2) is 25.0 Å². The average Bonchev–Trinajstić information content (AvgIpc) is 2.39. The highest BCUT2D eigenvalue weighted by molar-refractivity contribution is 4.85. The summed E-state index contributed by atoms with van der Waals surface area (Å²) in [6, 6.07) is 0. The first-order valence-corrected chi connectivity index (χ1v) is 3.37. The molecular formula is C7H11N5. The Bertz CT molecular complexity index is 269. The van der Waals surface area contributed by atoms with Gasteiger partial charge < -0.3 is 11.1 Å². The lowest BCUT2D eigenvalue weighted by atomic mass is 10.4. The van der Waals surface area contributed by atoms with Crippen LogP contribution in [0.3, 0.4) is 0 Å². The van der Waals surface area contributed by atoms with E-state index in [2.05, 4.69) is 11.6 Å². The zero-order valence-electron chi connectivity index (χ0n) is 6.94. The number of aromatic amines is 1. The van der Waals surface area contributed by atoms with Crippen molar-refractivity contribution in [3.05, 3.63) is 46.8 Å². The van der Waals surface area contributed by atoms with Gasteiger partial charge in [-0.1, -0.05) is 6.08 Å². The van der Waals surface area contributed by atoms with Gasteiger partial charge in [0.1, 0.15) is 12.4 Å². The van der Waals surface area contributed by atoms with Gasteiger partial charge in [-0.25, -0.2) is 9.55 Å². The fraction of sp³-hybridized carbons (Fsp3) is 0.286. The Morgan fingerprint density at radius 1 is 1.75 bits per heavy atom. The van der Waals surface area contributed by atoms with Crippen LogP contribution in [0.2, 0.25) is 0 Å². The summed E-state index contributed by atoms with van der Waals surface area (Å²) in [5.41, 5.74) is 13.5. The molecule has 0 amide bonds. The molecule has 5 heteroatoms. The first kappa shape index (κ1) is 10.3. The number of allylic oxidation sites excluding steroid dienone is 1. The molecule has 0 fully saturated rings. The van der Waals surface area contributed by atoms with Crippen molar-refractivity contribution in [1.82, 2.24) is 4.98 Å². The van der Waals surface area contributed by atoms with E-state index in [9.17, 15) is 0 Å². The first-order valence-electron chi connectivity index (χ1n) is 3.37. The molecule has 0 aliphatic carbocycles. The summed E-state index contributed by atoms with van der Waals surface area (Å²) in [4.78, 5) is 4.60. The fourth-order valence-electron chi connectivity index (χ4n) is 0.777. The van der Waals surface area contributed by atoms with Gasteiger partial charge in [-0.15, -0.1) is 6.58 Å². The van der Waals surface area contributed by atoms with Gasteiger partial charge in [0.25, 0.3) is 5.82 Å². The molecule has 0 aromatic carbocycles. The number of H-pyrrole nitrogens is 1. The van der Waals surface area contributed by atoms with Crippen molar-refractivity contribution in [3.8, 4) is 0 Å². The minimum atomic E-state index is 0.906. The van der Waals surface area contributed by atoms with E-state index in [0.29, 0.717) is 0 Å². The van der Waals surface area contributed by atoms with E-state index < -0.39 is 0 Å². The van der Waals surface area contributed by atoms with Gasteiger partial charge in [-0.05, 0) is 0 Å². The second-order valence-electron chi connectivity index (χ2n) is 2.10. The number of aromatic nitrogens is 2. The standard InChI is InChI=1S/C7H10N2.N3/c1-3-4-7-8-5-6-9(7)2;1-3-2/h3,5-6H,1,4H2,2H3;/q;-1/p+1. The van der Waals surface area contributed by atoms with Gasteiger partial charge >= 0.3 is 0 Å². The van der Waals surface area contributed by atoms with E-state index in [-0.39, 0.29) is 0 Å². The summed E-state index contributed by atoms with van der Waals surface area (Å²) >= 11 is 0. The maximum absolute atomic E-state index is 6.75. The van der Waals surface area contributed by atoms with Gasteiger partial charge in [0.05, 0.1) is 13.5 Å². The number of hydrogen-bond acceptors (Lipinski definition) is 0. The monoisotopic (exact) mass is 165 g/mol. The number of hydrogen-bond donors (Lipinski definition) is 1. The molecule has 0 spiro atoms. The van der Waals surface area contributed by atoms with Crippen LogP contribution in [0.25, 0.3) is 16.0 Å². The van der Waals surface area contributed by atoms with E-state index >= 15 is 0 Å². The van der Waals surface area contributed by atoms with Crippen LogP contribution in [-0.4, -0.2) is 4.98 Å². The zero-order chi connectivity index (χ0) is 9.40. The normalized spacial score (nSPS) is 7.75. The predicted molar refractivity (Wildman–Crippen MR) is 45.9 cm³/mol. The Hall–Kier alpha value is -1.74. The van der Waals surface area contributed by atoms with Crippen LogP contribution < -0.4 is 4.57 Å². The molecule has 0 unspecified atom stereocenters. The molecule has 0 aliphatic rings. The molecule has 0 atom stereocenters. The Balaban J connectivity index is 0.000000354.